The van der Waals surface area contributed by atoms with Gasteiger partial charge in [0.25, 0.3) is 0 Å². The van der Waals surface area contributed by atoms with Crippen molar-refractivity contribution in [2.45, 2.75) is 0 Å². The van der Waals surface area contributed by atoms with Gasteiger partial charge >= 0.3 is 0 Å². The summed E-state index contributed by atoms with van der Waals surface area (Å²) in [5.41, 5.74) is 6.01. The van der Waals surface area contributed by atoms with Gasteiger partial charge < -0.3 is 4.57 Å². The van der Waals surface area contributed by atoms with Crippen LogP contribution < -0.4 is 20.7 Å². The lowest BCUT2D eigenvalue weighted by Crippen LogP contribution is -2.74. The second-order valence-corrected chi connectivity index (χ2v) is 15.7. The molecule has 0 unspecified atom stereocenters. The van der Waals surface area contributed by atoms with Crippen LogP contribution in [-0.2, 0) is 0 Å². The molecular formula is C44H29N3Si. The summed E-state index contributed by atoms with van der Waals surface area (Å²) in [5, 5.41) is 17.3. The predicted octanol–water partition coefficient (Wildman–Crippen LogP) is 8.25. The predicted molar refractivity (Wildman–Crippen MR) is 201 cm³/mol. The van der Waals surface area contributed by atoms with Gasteiger partial charge in [-0.05, 0) is 62.7 Å². The van der Waals surface area contributed by atoms with E-state index in [0.717, 1.165) is 33.0 Å². The summed E-state index contributed by atoms with van der Waals surface area (Å²) in [6.45, 7) is 8.52. The molecule has 0 aliphatic rings. The zero-order valence-electron chi connectivity index (χ0n) is 26.1. The minimum atomic E-state index is -2.91. The fourth-order valence-electron chi connectivity index (χ4n) is 7.35. The van der Waals surface area contributed by atoms with Gasteiger partial charge in [-0.3, -0.25) is 0 Å². The van der Waals surface area contributed by atoms with Crippen molar-refractivity contribution in [3.8, 4) is 22.9 Å². The first kappa shape index (κ1) is 29.0. The van der Waals surface area contributed by atoms with Gasteiger partial charge in [-0.2, -0.15) is 5.26 Å². The van der Waals surface area contributed by atoms with Crippen LogP contribution >= 0.6 is 0 Å². The Morgan fingerprint density at radius 1 is 0.542 bits per heavy atom. The highest BCUT2D eigenvalue weighted by molar-refractivity contribution is 7.20. The van der Waals surface area contributed by atoms with Crippen LogP contribution in [0.5, 0.6) is 0 Å². The Kier molecular flexibility index (Phi) is 7.27. The van der Waals surface area contributed by atoms with Gasteiger partial charge in [0.2, 0.25) is 0 Å². The monoisotopic (exact) mass is 627 g/mol. The first-order valence-corrected chi connectivity index (χ1v) is 18.0. The van der Waals surface area contributed by atoms with Crippen LogP contribution in [0.4, 0.5) is 5.69 Å². The largest absolute Gasteiger partial charge is 0.309 e. The van der Waals surface area contributed by atoms with Crippen LogP contribution in [0.3, 0.4) is 0 Å². The molecule has 48 heavy (non-hydrogen) atoms. The summed E-state index contributed by atoms with van der Waals surface area (Å²) < 4.78 is 2.26. The van der Waals surface area contributed by atoms with Gasteiger partial charge in [-0.25, -0.2) is 4.85 Å². The fraction of sp³-hybridized carbons (Fsp3) is 0. The molecule has 0 fully saturated rings. The van der Waals surface area contributed by atoms with Crippen LogP contribution in [0, 0.1) is 17.9 Å². The second kappa shape index (κ2) is 12.0. The van der Waals surface area contributed by atoms with Crippen molar-refractivity contribution in [3.05, 3.63) is 193 Å². The Balaban J connectivity index is 1.37. The number of aromatic nitrogens is 1. The highest BCUT2D eigenvalue weighted by atomic mass is 28.3. The standard InChI is InChI=1S/C44H29N3Si/c1-46-41-29-32(40-30-34(27-25-33(40)31-45)47-42-23-13-11-21-38(42)39-22-12-14-24-43(39)47)26-28-44(41)48(35-15-5-2-6-16-35,36-17-7-3-8-18-36)37-19-9-4-10-20-37/h2-30H. The van der Waals surface area contributed by atoms with E-state index in [0.29, 0.717) is 11.3 Å². The lowest BCUT2D eigenvalue weighted by molar-refractivity contribution is 1.18. The number of rotatable bonds is 6. The Hall–Kier alpha value is -6.46. The van der Waals surface area contributed by atoms with Crippen LogP contribution in [0.15, 0.2) is 176 Å². The zero-order valence-corrected chi connectivity index (χ0v) is 27.1. The molecule has 224 valence electrons. The van der Waals surface area contributed by atoms with Crippen molar-refractivity contribution in [1.29, 1.82) is 5.26 Å². The molecule has 1 heterocycles. The Labute approximate surface area is 281 Å². The van der Waals surface area contributed by atoms with E-state index in [1.54, 1.807) is 0 Å². The van der Waals surface area contributed by atoms with E-state index in [4.69, 9.17) is 6.57 Å². The number of nitriles is 1. The molecule has 8 aromatic rings. The molecule has 3 nitrogen and oxygen atoms in total. The summed E-state index contributed by atoms with van der Waals surface area (Å²) in [4.78, 5) is 4.21. The van der Waals surface area contributed by atoms with E-state index < -0.39 is 8.07 Å². The summed E-state index contributed by atoms with van der Waals surface area (Å²) in [7, 11) is -2.91. The quantitative estimate of drug-likeness (QED) is 0.104. The second-order valence-electron chi connectivity index (χ2n) is 11.9. The number of hydrogen-bond acceptors (Lipinski definition) is 1. The molecule has 1 aromatic heterocycles. The third-order valence-corrected chi connectivity index (χ3v) is 14.2. The number of benzene rings is 7. The van der Waals surface area contributed by atoms with Gasteiger partial charge in [0.15, 0.2) is 13.8 Å². The van der Waals surface area contributed by atoms with E-state index in [1.165, 1.54) is 26.3 Å². The molecular weight excluding hydrogens is 599 g/mol. The molecule has 8 rings (SSSR count). The van der Waals surface area contributed by atoms with Crippen LogP contribution in [0.25, 0.3) is 43.5 Å². The molecule has 0 radical (unpaired) electrons. The van der Waals surface area contributed by atoms with Crippen LogP contribution in [0.1, 0.15) is 5.56 Å². The molecule has 0 aliphatic carbocycles. The molecule has 0 aliphatic heterocycles. The normalized spacial score (nSPS) is 11.3. The molecule has 0 saturated carbocycles. The Bertz CT molecular complexity index is 2370. The van der Waals surface area contributed by atoms with E-state index in [2.05, 4.69) is 155 Å². The van der Waals surface area contributed by atoms with Crippen molar-refractivity contribution in [2.24, 2.45) is 0 Å². The molecule has 0 N–H and O–H groups in total. The number of fused-ring (bicyclic) bond motifs is 3. The molecule has 7 aromatic carbocycles. The van der Waals surface area contributed by atoms with Crippen molar-refractivity contribution in [1.82, 2.24) is 4.57 Å². The summed E-state index contributed by atoms with van der Waals surface area (Å²) in [6, 6.07) is 63.4. The molecule has 0 bridgehead atoms. The fourth-order valence-corrected chi connectivity index (χ4v) is 12.2. The smallest absolute Gasteiger partial charge is 0.188 e. The molecule has 0 atom stereocenters. The number of nitrogens with zero attached hydrogens (tertiary/aromatic N) is 3. The van der Waals surface area contributed by atoms with E-state index in [1.807, 2.05) is 36.4 Å². The SMILES string of the molecule is [C-]#[N+]c1cc(-c2cc(-n3c4ccccc4c4ccccc43)ccc2C#N)ccc1[Si](c1ccccc1)(c1ccccc1)c1ccccc1. The van der Waals surface area contributed by atoms with Crippen molar-refractivity contribution < 1.29 is 0 Å². The molecule has 0 saturated heterocycles. The minimum absolute atomic E-state index is 0.570. The van der Waals surface area contributed by atoms with Crippen LogP contribution in [-0.4, -0.2) is 12.6 Å². The minimum Gasteiger partial charge on any atom is -0.309 e. The van der Waals surface area contributed by atoms with Crippen LogP contribution in [0.2, 0.25) is 0 Å². The van der Waals surface area contributed by atoms with E-state index >= 15 is 0 Å². The highest BCUT2D eigenvalue weighted by Gasteiger charge is 2.42. The summed E-state index contributed by atoms with van der Waals surface area (Å²) in [6.07, 6.45) is 0. The first-order valence-electron chi connectivity index (χ1n) is 16.0. The number of hydrogen-bond donors (Lipinski definition) is 0. The van der Waals surface area contributed by atoms with E-state index in [9.17, 15) is 5.26 Å². The van der Waals surface area contributed by atoms with Gasteiger partial charge in [0.05, 0.1) is 29.2 Å². The van der Waals surface area contributed by atoms with Crippen molar-refractivity contribution in [2.75, 3.05) is 0 Å². The lowest BCUT2D eigenvalue weighted by atomic mass is 9.99. The first-order chi connectivity index (χ1) is 23.7. The maximum Gasteiger partial charge on any atom is 0.188 e. The van der Waals surface area contributed by atoms with Gasteiger partial charge in [-0.15, -0.1) is 0 Å². The van der Waals surface area contributed by atoms with E-state index in [-0.39, 0.29) is 0 Å². The Morgan fingerprint density at radius 3 is 1.54 bits per heavy atom. The summed E-state index contributed by atoms with van der Waals surface area (Å²) >= 11 is 0. The molecule has 0 amide bonds. The van der Waals surface area contributed by atoms with Gasteiger partial charge in [0, 0.05) is 22.0 Å². The maximum atomic E-state index is 10.3. The maximum absolute atomic E-state index is 10.3. The number of para-hydroxylation sites is 2. The highest BCUT2D eigenvalue weighted by Crippen LogP contribution is 2.35. The third kappa shape index (κ3) is 4.55. The Morgan fingerprint density at radius 2 is 1.04 bits per heavy atom. The zero-order chi connectivity index (χ0) is 32.5. The molecule has 4 heteroatoms. The van der Waals surface area contributed by atoms with Crippen molar-refractivity contribution in [3.63, 3.8) is 0 Å². The topological polar surface area (TPSA) is 33.1 Å². The summed E-state index contributed by atoms with van der Waals surface area (Å²) in [5.74, 6) is 0. The third-order valence-electron chi connectivity index (χ3n) is 9.42. The van der Waals surface area contributed by atoms with Crippen molar-refractivity contribution >= 4 is 56.3 Å². The lowest BCUT2D eigenvalue weighted by Gasteiger charge is -2.35. The molecule has 0 spiro atoms. The van der Waals surface area contributed by atoms with Gasteiger partial charge in [0.1, 0.15) is 0 Å². The average Bonchev–Trinajstić information content (AvgIpc) is 3.51. The van der Waals surface area contributed by atoms with Gasteiger partial charge in [-0.1, -0.05) is 140 Å². The average molecular weight is 628 g/mol.